The van der Waals surface area contributed by atoms with E-state index < -0.39 is 18.0 Å². The van der Waals surface area contributed by atoms with Gasteiger partial charge in [0.05, 0.1) is 33.0 Å². The first-order chi connectivity index (χ1) is 17.5. The van der Waals surface area contributed by atoms with E-state index >= 15 is 0 Å². The van der Waals surface area contributed by atoms with Crippen LogP contribution in [0.1, 0.15) is 67.7 Å². The number of carbonyl (C=O) groups is 2. The van der Waals surface area contributed by atoms with Crippen molar-refractivity contribution in [2.24, 2.45) is 5.92 Å². The summed E-state index contributed by atoms with van der Waals surface area (Å²) < 4.78 is 21.8. The van der Waals surface area contributed by atoms with Gasteiger partial charge in [-0.25, -0.2) is 0 Å². The van der Waals surface area contributed by atoms with Crippen LogP contribution in [-0.4, -0.2) is 33.2 Å². The molecule has 0 saturated heterocycles. The molecule has 2 aromatic carbocycles. The van der Waals surface area contributed by atoms with Gasteiger partial charge in [-0.15, -0.1) is 0 Å². The van der Waals surface area contributed by atoms with Crippen molar-refractivity contribution >= 4 is 11.9 Å². The normalized spacial score (nSPS) is 14.3. The van der Waals surface area contributed by atoms with E-state index in [2.05, 4.69) is 11.4 Å². The number of amides is 1. The lowest BCUT2D eigenvalue weighted by molar-refractivity contribution is -0.156. The third kappa shape index (κ3) is 7.14. The highest BCUT2D eigenvalue weighted by Crippen LogP contribution is 2.38. The predicted octanol–water partition coefficient (Wildman–Crippen LogP) is 4.85. The van der Waals surface area contributed by atoms with Gasteiger partial charge in [-0.05, 0) is 42.2 Å². The number of nitrogens with zero attached hydrogens (tertiary/aromatic N) is 1. The molecule has 0 radical (unpaired) electrons. The Balaban J connectivity index is 1.73. The van der Waals surface area contributed by atoms with Gasteiger partial charge in [0.15, 0.2) is 11.5 Å². The Morgan fingerprint density at radius 1 is 1.03 bits per heavy atom. The predicted molar refractivity (Wildman–Crippen MR) is 134 cm³/mol. The minimum Gasteiger partial charge on any atom is -0.493 e. The van der Waals surface area contributed by atoms with Crippen molar-refractivity contribution in [3.8, 4) is 23.3 Å². The quantitative estimate of drug-likeness (QED) is 0.445. The zero-order valence-electron chi connectivity index (χ0n) is 21.2. The molecule has 3 rings (SSSR count). The van der Waals surface area contributed by atoms with Crippen LogP contribution in [0.3, 0.4) is 0 Å². The lowest BCUT2D eigenvalue weighted by Crippen LogP contribution is -2.32. The fraction of sp³-hybridized carbons (Fsp3) is 0.464. The van der Waals surface area contributed by atoms with Gasteiger partial charge in [0.25, 0.3) is 5.91 Å². The van der Waals surface area contributed by atoms with E-state index in [1.165, 1.54) is 40.6 Å². The summed E-state index contributed by atoms with van der Waals surface area (Å²) in [6.45, 7) is 0.142. The third-order valence-electron chi connectivity index (χ3n) is 6.48. The molecule has 1 saturated carbocycles. The van der Waals surface area contributed by atoms with Gasteiger partial charge in [-0.2, -0.15) is 5.26 Å². The molecule has 8 heteroatoms. The zero-order chi connectivity index (χ0) is 25.9. The number of nitriles is 1. The molecule has 1 unspecified atom stereocenters. The highest BCUT2D eigenvalue weighted by molar-refractivity contribution is 5.85. The fourth-order valence-corrected chi connectivity index (χ4v) is 4.55. The molecule has 0 aliphatic heterocycles. The number of benzene rings is 2. The van der Waals surface area contributed by atoms with Crippen molar-refractivity contribution in [2.45, 2.75) is 57.6 Å². The summed E-state index contributed by atoms with van der Waals surface area (Å²) in [6, 6.07) is 12.1. The van der Waals surface area contributed by atoms with Crippen molar-refractivity contribution in [1.29, 1.82) is 5.26 Å². The number of hydrogen-bond acceptors (Lipinski definition) is 7. The van der Waals surface area contributed by atoms with E-state index in [1.54, 1.807) is 36.4 Å². The van der Waals surface area contributed by atoms with Crippen molar-refractivity contribution in [3.05, 3.63) is 53.1 Å². The molecule has 2 aromatic rings. The molecule has 8 nitrogen and oxygen atoms in total. The largest absolute Gasteiger partial charge is 0.493 e. The number of rotatable bonds is 11. The smallest absolute Gasteiger partial charge is 0.306 e. The van der Waals surface area contributed by atoms with Gasteiger partial charge in [0, 0.05) is 18.5 Å². The molecule has 1 atom stereocenters. The number of ether oxygens (including phenoxy) is 4. The minimum absolute atomic E-state index is 0.142. The average Bonchev–Trinajstić information content (AvgIpc) is 2.93. The molecule has 1 aliphatic rings. The number of carbonyl (C=O) groups excluding carboxylic acids is 2. The summed E-state index contributed by atoms with van der Waals surface area (Å²) in [6.07, 6.45) is 5.78. The Bertz CT molecular complexity index is 1060. The van der Waals surface area contributed by atoms with Crippen LogP contribution in [0.25, 0.3) is 0 Å². The van der Waals surface area contributed by atoms with Crippen LogP contribution in [0.15, 0.2) is 36.4 Å². The second-order valence-electron chi connectivity index (χ2n) is 8.90. The number of hydrogen-bond donors (Lipinski definition) is 1. The van der Waals surface area contributed by atoms with Crippen molar-refractivity contribution in [2.75, 3.05) is 21.3 Å². The first-order valence-corrected chi connectivity index (χ1v) is 12.2. The average molecular weight is 495 g/mol. The highest BCUT2D eigenvalue weighted by atomic mass is 16.5. The van der Waals surface area contributed by atoms with E-state index in [9.17, 15) is 14.9 Å². The monoisotopic (exact) mass is 494 g/mol. The maximum absolute atomic E-state index is 13.2. The van der Waals surface area contributed by atoms with Gasteiger partial charge in [-0.1, -0.05) is 44.2 Å². The van der Waals surface area contributed by atoms with Crippen molar-refractivity contribution in [3.63, 3.8) is 0 Å². The number of methoxy groups -OCH3 is 3. The van der Waals surface area contributed by atoms with Crippen LogP contribution < -0.4 is 19.5 Å². The molecule has 1 amide bonds. The number of nitrogens with one attached hydrogen (secondary N) is 1. The maximum Gasteiger partial charge on any atom is 0.306 e. The second-order valence-corrected chi connectivity index (χ2v) is 8.90. The van der Waals surface area contributed by atoms with Crippen LogP contribution in [0, 0.1) is 17.2 Å². The van der Waals surface area contributed by atoms with Crippen molar-refractivity contribution in [1.82, 2.24) is 5.32 Å². The SMILES string of the molecule is COc1cc(CNC(=O)C(OC(=O)CCC2CCCCC2)c2cccc(C#N)c2)cc(OC)c1OC. The number of esters is 1. The van der Waals surface area contributed by atoms with Crippen LogP contribution in [0.2, 0.25) is 0 Å². The lowest BCUT2D eigenvalue weighted by atomic mass is 9.86. The van der Waals surface area contributed by atoms with Gasteiger partial charge in [-0.3, -0.25) is 9.59 Å². The Morgan fingerprint density at radius 2 is 1.72 bits per heavy atom. The van der Waals surface area contributed by atoms with E-state index in [4.69, 9.17) is 18.9 Å². The molecular formula is C28H34N2O6. The summed E-state index contributed by atoms with van der Waals surface area (Å²) in [5.41, 5.74) is 1.54. The Morgan fingerprint density at radius 3 is 2.33 bits per heavy atom. The second kappa shape index (κ2) is 13.4. The van der Waals surface area contributed by atoms with Gasteiger partial charge >= 0.3 is 5.97 Å². The highest BCUT2D eigenvalue weighted by Gasteiger charge is 2.26. The Hall–Kier alpha value is -3.73. The first kappa shape index (κ1) is 26.9. The van der Waals surface area contributed by atoms with Gasteiger partial charge in [0.2, 0.25) is 11.9 Å². The fourth-order valence-electron chi connectivity index (χ4n) is 4.55. The van der Waals surface area contributed by atoms with Gasteiger partial charge in [0.1, 0.15) is 0 Å². The molecule has 1 N–H and O–H groups in total. The van der Waals surface area contributed by atoms with E-state index in [0.717, 1.165) is 19.3 Å². The van der Waals surface area contributed by atoms with Crippen LogP contribution in [-0.2, 0) is 20.9 Å². The van der Waals surface area contributed by atoms with Crippen LogP contribution in [0.4, 0.5) is 0 Å². The Labute approximate surface area is 212 Å². The van der Waals surface area contributed by atoms with Crippen molar-refractivity contribution < 1.29 is 28.5 Å². The topological polar surface area (TPSA) is 107 Å². The molecule has 0 bridgehead atoms. The van der Waals surface area contributed by atoms with Gasteiger partial charge < -0.3 is 24.3 Å². The first-order valence-electron chi connectivity index (χ1n) is 12.2. The summed E-state index contributed by atoms with van der Waals surface area (Å²) >= 11 is 0. The van der Waals surface area contributed by atoms with E-state index in [-0.39, 0.29) is 13.0 Å². The summed E-state index contributed by atoms with van der Waals surface area (Å²) in [5, 5.41) is 12.1. The summed E-state index contributed by atoms with van der Waals surface area (Å²) in [7, 11) is 4.56. The Kier molecular flexibility index (Phi) is 9.99. The molecule has 0 spiro atoms. The minimum atomic E-state index is -1.17. The maximum atomic E-state index is 13.2. The van der Waals surface area contributed by atoms with E-state index in [0.29, 0.717) is 39.9 Å². The molecular weight excluding hydrogens is 460 g/mol. The van der Waals surface area contributed by atoms with E-state index in [1.807, 2.05) is 0 Å². The zero-order valence-corrected chi connectivity index (χ0v) is 21.2. The standard InChI is InChI=1S/C28H34N2O6/c1-33-23-15-21(16-24(34-2)27(23)35-3)18-30-28(32)26(22-11-7-10-20(14-22)17-29)36-25(31)13-12-19-8-5-4-6-9-19/h7,10-11,14-16,19,26H,4-6,8-9,12-13,18H2,1-3H3,(H,30,32). The molecule has 1 aliphatic carbocycles. The lowest BCUT2D eigenvalue weighted by Gasteiger charge is -2.22. The molecule has 36 heavy (non-hydrogen) atoms. The third-order valence-corrected chi connectivity index (χ3v) is 6.48. The van der Waals surface area contributed by atoms with Crippen LogP contribution >= 0.6 is 0 Å². The summed E-state index contributed by atoms with van der Waals surface area (Å²) in [4.78, 5) is 26.0. The molecule has 1 fully saturated rings. The summed E-state index contributed by atoms with van der Waals surface area (Å²) in [5.74, 6) is 1.01. The molecule has 0 aromatic heterocycles. The molecule has 192 valence electrons. The molecule has 0 heterocycles. The van der Waals surface area contributed by atoms with Crippen LogP contribution in [0.5, 0.6) is 17.2 Å².